The Labute approximate surface area is 273 Å². The minimum absolute atomic E-state index is 0.573. The first-order valence-corrected chi connectivity index (χ1v) is 16.7. The van der Waals surface area contributed by atoms with E-state index < -0.39 is 22.0 Å². The summed E-state index contributed by atoms with van der Waals surface area (Å²) in [7, 11) is -1.57. The zero-order valence-corrected chi connectivity index (χ0v) is 28.5. The van der Waals surface area contributed by atoms with Gasteiger partial charge in [0.25, 0.3) is 0 Å². The van der Waals surface area contributed by atoms with Crippen LogP contribution >= 0.6 is 0 Å². The molecule has 0 spiro atoms. The van der Waals surface area contributed by atoms with Gasteiger partial charge in [-0.2, -0.15) is 0 Å². The van der Waals surface area contributed by atoms with Crippen molar-refractivity contribution in [3.8, 4) is 11.5 Å². The fraction of sp³-hybridized carbons (Fsp3) is 0.316. The zero-order valence-electron chi connectivity index (χ0n) is 27.6. The van der Waals surface area contributed by atoms with Crippen molar-refractivity contribution in [3.63, 3.8) is 0 Å². The van der Waals surface area contributed by atoms with Gasteiger partial charge >= 0.3 is 0 Å². The first kappa shape index (κ1) is 31.5. The molecule has 238 valence electrons. The summed E-state index contributed by atoms with van der Waals surface area (Å²) >= 11 is 0. The summed E-state index contributed by atoms with van der Waals surface area (Å²) in [6.45, 7) is 16.1. The van der Waals surface area contributed by atoms with Crippen molar-refractivity contribution < 1.29 is 23.3 Å². The molecule has 0 saturated heterocycles. The summed E-state index contributed by atoms with van der Waals surface area (Å²) in [5.74, 6) is 1.65. The molecule has 0 bridgehead atoms. The van der Waals surface area contributed by atoms with Crippen LogP contribution in [0.25, 0.3) is 0 Å². The average Bonchev–Trinajstić information content (AvgIpc) is 3.62. The van der Waals surface area contributed by atoms with Gasteiger partial charge in [-0.1, -0.05) is 36.4 Å². The number of anilines is 2. The Bertz CT molecular complexity index is 1830. The normalized spacial score (nSPS) is 20.3. The Morgan fingerprint density at radius 2 is 0.978 bits per heavy atom. The van der Waals surface area contributed by atoms with Crippen LogP contribution in [0.5, 0.6) is 11.5 Å². The van der Waals surface area contributed by atoms with Crippen LogP contribution in [0, 0.1) is 41.5 Å². The second kappa shape index (κ2) is 11.4. The number of nitrogens with one attached hydrogen (secondary N) is 2. The minimum atomic E-state index is -1.57. The molecular formula is C38H40N2O5S. The third-order valence-corrected chi connectivity index (χ3v) is 11.7. The van der Waals surface area contributed by atoms with E-state index in [0.717, 1.165) is 78.5 Å². The monoisotopic (exact) mass is 636 g/mol. The SMILES string of the molecule is Cc1c(C)c2c(c(C)c1NC=O)CC(C)(c1ccccc1S(=O)c1ccccc1C1(C)Cc3c(C)c(NC=O)c(C)c(C)c3O1)O2. The molecule has 4 aromatic carbocycles. The van der Waals surface area contributed by atoms with E-state index >= 15 is 0 Å². The van der Waals surface area contributed by atoms with E-state index in [9.17, 15) is 13.8 Å². The molecule has 0 aromatic heterocycles. The van der Waals surface area contributed by atoms with Crippen LogP contribution in [-0.2, 0) is 44.4 Å². The number of ether oxygens (including phenoxy) is 2. The molecule has 2 aliphatic rings. The summed E-state index contributed by atoms with van der Waals surface area (Å²) in [5.41, 5.74) is 9.75. The number of fused-ring (bicyclic) bond motifs is 2. The molecule has 2 heterocycles. The molecule has 46 heavy (non-hydrogen) atoms. The number of amides is 2. The van der Waals surface area contributed by atoms with Gasteiger partial charge in [-0.25, -0.2) is 4.21 Å². The molecule has 0 saturated carbocycles. The molecule has 2 N–H and O–H groups in total. The number of hydrogen-bond acceptors (Lipinski definition) is 5. The van der Waals surface area contributed by atoms with Crippen molar-refractivity contribution in [3.05, 3.63) is 104 Å². The van der Waals surface area contributed by atoms with Crippen LogP contribution in [0.15, 0.2) is 58.3 Å². The highest BCUT2D eigenvalue weighted by molar-refractivity contribution is 7.85. The summed E-state index contributed by atoms with van der Waals surface area (Å²) in [5, 5.41) is 5.76. The summed E-state index contributed by atoms with van der Waals surface area (Å²) in [6, 6.07) is 15.6. The van der Waals surface area contributed by atoms with Gasteiger partial charge < -0.3 is 20.1 Å². The quantitative estimate of drug-likeness (QED) is 0.195. The van der Waals surface area contributed by atoms with Crippen LogP contribution in [-0.4, -0.2) is 17.0 Å². The Hall–Kier alpha value is -4.43. The summed E-state index contributed by atoms with van der Waals surface area (Å²) in [4.78, 5) is 24.2. The lowest BCUT2D eigenvalue weighted by Crippen LogP contribution is -2.30. The van der Waals surface area contributed by atoms with Crippen LogP contribution in [0.4, 0.5) is 11.4 Å². The highest BCUT2D eigenvalue weighted by Gasteiger charge is 2.44. The van der Waals surface area contributed by atoms with Gasteiger partial charge in [0.1, 0.15) is 22.7 Å². The van der Waals surface area contributed by atoms with Crippen molar-refractivity contribution in [2.75, 3.05) is 10.6 Å². The van der Waals surface area contributed by atoms with E-state index in [2.05, 4.69) is 10.6 Å². The maximum Gasteiger partial charge on any atom is 0.211 e. The highest BCUT2D eigenvalue weighted by atomic mass is 32.2. The van der Waals surface area contributed by atoms with E-state index in [1.807, 2.05) is 104 Å². The fourth-order valence-corrected chi connectivity index (χ4v) is 8.98. The first-order chi connectivity index (χ1) is 21.9. The number of rotatable bonds is 8. The molecule has 0 aliphatic carbocycles. The third-order valence-electron chi connectivity index (χ3n) is 10.2. The van der Waals surface area contributed by atoms with Gasteiger partial charge in [0.15, 0.2) is 0 Å². The summed E-state index contributed by atoms with van der Waals surface area (Å²) in [6.07, 6.45) is 2.57. The predicted octanol–water partition coefficient (Wildman–Crippen LogP) is 7.54. The lowest BCUT2D eigenvalue weighted by atomic mass is 9.87. The van der Waals surface area contributed by atoms with Crippen LogP contribution in [0.3, 0.4) is 0 Å². The van der Waals surface area contributed by atoms with Gasteiger partial charge in [0.2, 0.25) is 12.8 Å². The van der Waals surface area contributed by atoms with E-state index in [0.29, 0.717) is 35.5 Å². The largest absolute Gasteiger partial charge is 0.482 e. The van der Waals surface area contributed by atoms with Gasteiger partial charge in [0, 0.05) is 46.5 Å². The van der Waals surface area contributed by atoms with Gasteiger partial charge in [-0.05, 0) is 101 Å². The Balaban J connectivity index is 1.41. The third kappa shape index (κ3) is 4.73. The van der Waals surface area contributed by atoms with Crippen LogP contribution in [0.2, 0.25) is 0 Å². The molecule has 4 aromatic rings. The molecule has 7 nitrogen and oxygen atoms in total. The molecule has 8 heteroatoms. The van der Waals surface area contributed by atoms with Crippen LogP contribution in [0.1, 0.15) is 69.5 Å². The van der Waals surface area contributed by atoms with Gasteiger partial charge in [-0.15, -0.1) is 0 Å². The molecular weight excluding hydrogens is 596 g/mol. The van der Waals surface area contributed by atoms with E-state index in [1.54, 1.807) is 0 Å². The maximum absolute atomic E-state index is 14.8. The van der Waals surface area contributed by atoms with E-state index in [1.165, 1.54) is 0 Å². The lowest BCUT2D eigenvalue weighted by Gasteiger charge is -2.29. The molecule has 6 rings (SSSR count). The molecule has 2 atom stereocenters. The smallest absolute Gasteiger partial charge is 0.211 e. The second-order valence-electron chi connectivity index (χ2n) is 12.9. The zero-order chi connectivity index (χ0) is 33.1. The van der Waals surface area contributed by atoms with Crippen LogP contribution < -0.4 is 20.1 Å². The Morgan fingerprint density at radius 1 is 0.609 bits per heavy atom. The molecule has 0 radical (unpaired) electrons. The summed E-state index contributed by atoms with van der Waals surface area (Å²) < 4.78 is 28.4. The number of hydrogen-bond donors (Lipinski definition) is 2. The molecule has 2 aliphatic heterocycles. The lowest BCUT2D eigenvalue weighted by molar-refractivity contribution is -0.106. The van der Waals surface area contributed by atoms with Crippen molar-refractivity contribution in [1.29, 1.82) is 0 Å². The fourth-order valence-electron chi connectivity index (χ4n) is 7.37. The highest BCUT2D eigenvalue weighted by Crippen LogP contribution is 2.51. The van der Waals surface area contributed by atoms with E-state index in [-0.39, 0.29) is 0 Å². The van der Waals surface area contributed by atoms with Crippen molar-refractivity contribution >= 4 is 35.0 Å². The standard InChI is InChI=1S/C38H40N2O5S/c1-21-23(3)35-27(25(5)33(21)39-19-41)17-37(7,44-35)29-13-9-11-15-31(29)46(43)32-16-12-10-14-30(32)38(8)18-28-26(6)34(40-20-42)22(2)24(4)36(28)45-38/h9-16,19-20H,17-18H2,1-8H3,(H,39,41)(H,40,42). The topological polar surface area (TPSA) is 93.7 Å². The van der Waals surface area contributed by atoms with Gasteiger partial charge in [0.05, 0.1) is 20.6 Å². The van der Waals surface area contributed by atoms with Crippen molar-refractivity contribution in [2.45, 2.75) is 89.2 Å². The average molecular weight is 637 g/mol. The second-order valence-corrected chi connectivity index (χ2v) is 14.3. The number of benzene rings is 4. The van der Waals surface area contributed by atoms with Crippen molar-refractivity contribution in [1.82, 2.24) is 0 Å². The van der Waals surface area contributed by atoms with Crippen molar-refractivity contribution in [2.24, 2.45) is 0 Å². The van der Waals surface area contributed by atoms with Gasteiger partial charge in [-0.3, -0.25) is 9.59 Å². The predicted molar refractivity (Wildman–Crippen MR) is 182 cm³/mol. The molecule has 2 amide bonds. The Kier molecular flexibility index (Phi) is 7.83. The number of carbonyl (C=O) groups excluding carboxylic acids is 2. The minimum Gasteiger partial charge on any atom is -0.482 e. The van der Waals surface area contributed by atoms with E-state index in [4.69, 9.17) is 9.47 Å². The molecule has 2 unspecified atom stereocenters. The number of carbonyl (C=O) groups is 2. The Morgan fingerprint density at radius 3 is 1.35 bits per heavy atom. The maximum atomic E-state index is 14.8. The first-order valence-electron chi connectivity index (χ1n) is 15.5. The molecule has 0 fully saturated rings.